The van der Waals surface area contributed by atoms with E-state index in [1.165, 1.54) is 33.5 Å². The van der Waals surface area contributed by atoms with Crippen molar-refractivity contribution < 1.29 is 27.4 Å². The molecule has 2 aliphatic rings. The lowest BCUT2D eigenvalue weighted by atomic mass is 9.79. The maximum atomic E-state index is 12.8. The minimum absolute atomic E-state index is 0.0377. The molecule has 27 heavy (non-hydrogen) atoms. The molecule has 3 rings (SSSR count). The Labute approximate surface area is 158 Å². The van der Waals surface area contributed by atoms with Gasteiger partial charge in [-0.15, -0.1) is 0 Å². The highest BCUT2D eigenvalue weighted by molar-refractivity contribution is 7.89. The summed E-state index contributed by atoms with van der Waals surface area (Å²) in [6, 6.07) is 3.85. The molecule has 10 heteroatoms. The summed E-state index contributed by atoms with van der Waals surface area (Å²) < 4.78 is 43.5. The fourth-order valence-electron chi connectivity index (χ4n) is 3.80. The van der Waals surface area contributed by atoms with Gasteiger partial charge < -0.3 is 14.2 Å². The van der Waals surface area contributed by atoms with Gasteiger partial charge in [0.05, 0.1) is 26.2 Å². The molecular weight excluding hydrogens is 374 g/mol. The number of hydrazine groups is 1. The Balaban J connectivity index is 1.73. The third-order valence-electron chi connectivity index (χ3n) is 5.19. The fraction of sp³-hybridized carbons (Fsp3) is 0.588. The number of methoxy groups -OCH3 is 3. The molecule has 1 aliphatic carbocycles. The van der Waals surface area contributed by atoms with Crippen LogP contribution in [0.25, 0.3) is 0 Å². The first-order valence-electron chi connectivity index (χ1n) is 8.73. The number of hydrogen-bond acceptors (Lipinski definition) is 8. The highest BCUT2D eigenvalue weighted by atomic mass is 32.2. The maximum Gasteiger partial charge on any atom is 0.324 e. The van der Waals surface area contributed by atoms with Crippen molar-refractivity contribution in [1.82, 2.24) is 15.6 Å². The lowest BCUT2D eigenvalue weighted by Gasteiger charge is -2.32. The SMILES string of the molecule is COC(=O)C1NNC2CCC(NS(=O)(=O)c3ccc(OC)c(OC)c3)CC21. The van der Waals surface area contributed by atoms with Crippen LogP contribution in [0, 0.1) is 5.92 Å². The van der Waals surface area contributed by atoms with E-state index in [1.807, 2.05) is 0 Å². The van der Waals surface area contributed by atoms with Gasteiger partial charge in [0.25, 0.3) is 0 Å². The Hall–Kier alpha value is -1.88. The predicted octanol–water partition coefficient (Wildman–Crippen LogP) is 0.169. The van der Waals surface area contributed by atoms with E-state index < -0.39 is 16.1 Å². The molecule has 4 atom stereocenters. The quantitative estimate of drug-likeness (QED) is 0.580. The lowest BCUT2D eigenvalue weighted by molar-refractivity contribution is -0.144. The second kappa shape index (κ2) is 8.01. The Bertz CT molecular complexity index is 800. The van der Waals surface area contributed by atoms with E-state index in [0.717, 1.165) is 6.42 Å². The van der Waals surface area contributed by atoms with Gasteiger partial charge in [0, 0.05) is 24.1 Å². The summed E-state index contributed by atoms with van der Waals surface area (Å²) in [5.74, 6) is 0.419. The van der Waals surface area contributed by atoms with E-state index in [0.29, 0.717) is 24.3 Å². The Morgan fingerprint density at radius 1 is 1.11 bits per heavy atom. The number of hydrogen-bond donors (Lipinski definition) is 3. The van der Waals surface area contributed by atoms with Gasteiger partial charge in [-0.05, 0) is 31.4 Å². The molecule has 0 amide bonds. The van der Waals surface area contributed by atoms with Crippen molar-refractivity contribution in [3.8, 4) is 11.5 Å². The summed E-state index contributed by atoms with van der Waals surface area (Å²) in [7, 11) is 0.557. The molecule has 1 aromatic rings. The second-order valence-electron chi connectivity index (χ2n) is 6.71. The summed E-state index contributed by atoms with van der Waals surface area (Å²) in [6.07, 6.45) is 1.97. The molecular formula is C17H25N3O6S. The Morgan fingerprint density at radius 2 is 1.85 bits per heavy atom. The van der Waals surface area contributed by atoms with Crippen LogP contribution in [0.4, 0.5) is 0 Å². The van der Waals surface area contributed by atoms with E-state index in [2.05, 4.69) is 15.6 Å². The van der Waals surface area contributed by atoms with E-state index in [4.69, 9.17) is 14.2 Å². The van der Waals surface area contributed by atoms with Crippen LogP contribution in [0.15, 0.2) is 23.1 Å². The maximum absolute atomic E-state index is 12.8. The van der Waals surface area contributed by atoms with Gasteiger partial charge in [0.1, 0.15) is 6.04 Å². The first-order valence-corrected chi connectivity index (χ1v) is 10.2. The number of carbonyl (C=O) groups is 1. The number of nitrogens with one attached hydrogen (secondary N) is 3. The average molecular weight is 399 g/mol. The molecule has 0 radical (unpaired) electrons. The van der Waals surface area contributed by atoms with Crippen LogP contribution in [-0.2, 0) is 19.6 Å². The molecule has 2 fully saturated rings. The smallest absolute Gasteiger partial charge is 0.324 e. The zero-order valence-corrected chi connectivity index (χ0v) is 16.3. The van der Waals surface area contributed by atoms with Gasteiger partial charge in [-0.2, -0.15) is 0 Å². The molecule has 0 aromatic heterocycles. The Morgan fingerprint density at radius 3 is 2.52 bits per heavy atom. The first-order chi connectivity index (χ1) is 12.9. The molecule has 1 saturated carbocycles. The zero-order valence-electron chi connectivity index (χ0n) is 15.5. The van der Waals surface area contributed by atoms with Gasteiger partial charge in [-0.3, -0.25) is 10.2 Å². The third-order valence-corrected chi connectivity index (χ3v) is 6.71. The van der Waals surface area contributed by atoms with Gasteiger partial charge >= 0.3 is 5.97 Å². The molecule has 0 spiro atoms. The van der Waals surface area contributed by atoms with Crippen molar-refractivity contribution in [2.45, 2.75) is 42.3 Å². The minimum atomic E-state index is -3.73. The molecule has 3 N–H and O–H groups in total. The minimum Gasteiger partial charge on any atom is -0.493 e. The van der Waals surface area contributed by atoms with Crippen LogP contribution in [0.2, 0.25) is 0 Å². The number of sulfonamides is 1. The summed E-state index contributed by atoms with van der Waals surface area (Å²) in [6.45, 7) is 0. The summed E-state index contributed by atoms with van der Waals surface area (Å²) in [5.41, 5.74) is 6.07. The van der Waals surface area contributed by atoms with Crippen molar-refractivity contribution in [3.63, 3.8) is 0 Å². The average Bonchev–Trinajstić information content (AvgIpc) is 3.09. The molecule has 1 aromatic carbocycles. The van der Waals surface area contributed by atoms with Crippen molar-refractivity contribution >= 4 is 16.0 Å². The van der Waals surface area contributed by atoms with Crippen LogP contribution in [-0.4, -0.2) is 53.8 Å². The standard InChI is InChI=1S/C17H25N3O6S/c1-24-14-7-5-11(9-15(14)25-2)27(22,23)20-10-4-6-13-12(8-10)16(19-18-13)17(21)26-3/h5,7,9-10,12-13,16,18-20H,4,6,8H2,1-3H3. The van der Waals surface area contributed by atoms with Crippen LogP contribution < -0.4 is 25.0 Å². The van der Waals surface area contributed by atoms with Crippen molar-refractivity contribution in [3.05, 3.63) is 18.2 Å². The van der Waals surface area contributed by atoms with Gasteiger partial charge in [0.2, 0.25) is 10.0 Å². The third kappa shape index (κ3) is 4.03. The Kier molecular flexibility index (Phi) is 5.89. The monoisotopic (exact) mass is 399 g/mol. The molecule has 4 unspecified atom stereocenters. The number of ether oxygens (including phenoxy) is 3. The second-order valence-corrected chi connectivity index (χ2v) is 8.42. The highest BCUT2D eigenvalue weighted by Gasteiger charge is 2.44. The predicted molar refractivity (Wildman–Crippen MR) is 96.9 cm³/mol. The van der Waals surface area contributed by atoms with Gasteiger partial charge in [-0.1, -0.05) is 0 Å². The van der Waals surface area contributed by atoms with E-state index >= 15 is 0 Å². The van der Waals surface area contributed by atoms with Crippen LogP contribution in [0.3, 0.4) is 0 Å². The number of rotatable bonds is 6. The largest absolute Gasteiger partial charge is 0.493 e. The zero-order chi connectivity index (χ0) is 19.6. The highest BCUT2D eigenvalue weighted by Crippen LogP contribution is 2.33. The number of carbonyl (C=O) groups excluding carboxylic acids is 1. The molecule has 1 heterocycles. The molecule has 1 saturated heterocycles. The topological polar surface area (TPSA) is 115 Å². The first kappa shape index (κ1) is 19.9. The van der Waals surface area contributed by atoms with Crippen molar-refractivity contribution in [1.29, 1.82) is 0 Å². The summed E-state index contributed by atoms with van der Waals surface area (Å²) in [4.78, 5) is 12.0. The van der Waals surface area contributed by atoms with Crippen molar-refractivity contribution in [2.75, 3.05) is 21.3 Å². The summed E-state index contributed by atoms with van der Waals surface area (Å²) >= 11 is 0. The molecule has 9 nitrogen and oxygen atoms in total. The number of fused-ring (bicyclic) bond motifs is 1. The fourth-order valence-corrected chi connectivity index (χ4v) is 5.09. The summed E-state index contributed by atoms with van der Waals surface area (Å²) in [5, 5.41) is 0. The molecule has 1 aliphatic heterocycles. The number of benzene rings is 1. The van der Waals surface area contributed by atoms with Gasteiger partial charge in [0.15, 0.2) is 11.5 Å². The molecule has 0 bridgehead atoms. The van der Waals surface area contributed by atoms with Crippen molar-refractivity contribution in [2.24, 2.45) is 5.92 Å². The van der Waals surface area contributed by atoms with Gasteiger partial charge in [-0.25, -0.2) is 18.6 Å². The lowest BCUT2D eigenvalue weighted by Crippen LogP contribution is -2.46. The molecule has 150 valence electrons. The van der Waals surface area contributed by atoms with E-state index in [1.54, 1.807) is 6.07 Å². The van der Waals surface area contributed by atoms with Crippen LogP contribution in [0.1, 0.15) is 19.3 Å². The normalized spacial score (nSPS) is 27.7. The number of esters is 1. The van der Waals surface area contributed by atoms with Crippen LogP contribution >= 0.6 is 0 Å². The van der Waals surface area contributed by atoms with E-state index in [9.17, 15) is 13.2 Å². The van der Waals surface area contributed by atoms with E-state index in [-0.39, 0.29) is 28.9 Å². The van der Waals surface area contributed by atoms with Crippen LogP contribution in [0.5, 0.6) is 11.5 Å².